The molecule has 0 bridgehead atoms. The molecule has 0 saturated carbocycles. The molecule has 128 valence electrons. The van der Waals surface area contributed by atoms with E-state index in [1.165, 1.54) is 0 Å². The fraction of sp³-hybridized carbons (Fsp3) is 0.238. The van der Waals surface area contributed by atoms with E-state index in [4.69, 9.17) is 21.3 Å². The zero-order valence-electron chi connectivity index (χ0n) is 14.5. The summed E-state index contributed by atoms with van der Waals surface area (Å²) in [5, 5.41) is 1.48. The van der Waals surface area contributed by atoms with E-state index in [1.54, 1.807) is 6.07 Å². The SMILES string of the molecule is Cc1ccc2nc(-c3ccc(Cl)cc3)cc(C(=O)OCC(C)C)c2c1. The summed E-state index contributed by atoms with van der Waals surface area (Å²) in [6.07, 6.45) is 0. The minimum atomic E-state index is -0.318. The number of benzene rings is 2. The van der Waals surface area contributed by atoms with Crippen LogP contribution < -0.4 is 0 Å². The minimum Gasteiger partial charge on any atom is -0.462 e. The number of ether oxygens (including phenoxy) is 1. The first-order valence-corrected chi connectivity index (χ1v) is 8.66. The monoisotopic (exact) mass is 353 g/mol. The highest BCUT2D eigenvalue weighted by Crippen LogP contribution is 2.27. The maximum Gasteiger partial charge on any atom is 0.338 e. The van der Waals surface area contributed by atoms with Crippen molar-refractivity contribution in [2.75, 3.05) is 6.61 Å². The number of pyridine rings is 1. The van der Waals surface area contributed by atoms with E-state index in [1.807, 2.05) is 63.2 Å². The predicted octanol–water partition coefficient (Wildman–Crippen LogP) is 5.68. The van der Waals surface area contributed by atoms with Crippen LogP contribution >= 0.6 is 11.6 Å². The van der Waals surface area contributed by atoms with Gasteiger partial charge in [-0.05, 0) is 43.2 Å². The number of carbonyl (C=O) groups is 1. The number of hydrogen-bond donors (Lipinski definition) is 0. The lowest BCUT2D eigenvalue weighted by molar-refractivity contribution is 0.0461. The van der Waals surface area contributed by atoms with E-state index >= 15 is 0 Å². The van der Waals surface area contributed by atoms with Crippen LogP contribution in [0.15, 0.2) is 48.5 Å². The van der Waals surface area contributed by atoms with Gasteiger partial charge in [-0.15, -0.1) is 0 Å². The number of aromatic nitrogens is 1. The Morgan fingerprint density at radius 3 is 2.52 bits per heavy atom. The molecule has 3 rings (SSSR count). The molecule has 1 aromatic heterocycles. The van der Waals surface area contributed by atoms with Crippen LogP contribution in [0.25, 0.3) is 22.2 Å². The van der Waals surface area contributed by atoms with E-state index in [0.717, 1.165) is 27.7 Å². The van der Waals surface area contributed by atoms with Gasteiger partial charge in [0.05, 0.1) is 23.4 Å². The zero-order valence-corrected chi connectivity index (χ0v) is 15.3. The van der Waals surface area contributed by atoms with E-state index in [9.17, 15) is 4.79 Å². The number of hydrogen-bond acceptors (Lipinski definition) is 3. The van der Waals surface area contributed by atoms with Gasteiger partial charge >= 0.3 is 5.97 Å². The van der Waals surface area contributed by atoms with Gasteiger partial charge in [-0.2, -0.15) is 0 Å². The maximum absolute atomic E-state index is 12.6. The Hall–Kier alpha value is -2.39. The number of nitrogens with zero attached hydrogens (tertiary/aromatic N) is 1. The van der Waals surface area contributed by atoms with Crippen LogP contribution in [0.4, 0.5) is 0 Å². The van der Waals surface area contributed by atoms with Crippen molar-refractivity contribution >= 4 is 28.5 Å². The van der Waals surface area contributed by atoms with Gasteiger partial charge in [0, 0.05) is 16.0 Å². The van der Waals surface area contributed by atoms with Crippen molar-refractivity contribution in [1.82, 2.24) is 4.98 Å². The van der Waals surface area contributed by atoms with Gasteiger partial charge < -0.3 is 4.74 Å². The molecule has 3 aromatic rings. The molecule has 0 fully saturated rings. The van der Waals surface area contributed by atoms with Crippen LogP contribution in [0, 0.1) is 12.8 Å². The summed E-state index contributed by atoms with van der Waals surface area (Å²) in [5.41, 5.74) is 4.02. The molecule has 2 aromatic carbocycles. The second kappa shape index (κ2) is 7.24. The minimum absolute atomic E-state index is 0.287. The molecule has 0 unspecified atom stereocenters. The predicted molar refractivity (Wildman–Crippen MR) is 102 cm³/mol. The maximum atomic E-state index is 12.6. The smallest absolute Gasteiger partial charge is 0.338 e. The molecule has 0 spiro atoms. The molecular formula is C21H20ClNO2. The van der Waals surface area contributed by atoms with Crippen molar-refractivity contribution in [3.05, 3.63) is 64.7 Å². The number of carbonyl (C=O) groups excluding carboxylic acids is 1. The highest BCUT2D eigenvalue weighted by Gasteiger charge is 2.16. The normalized spacial score (nSPS) is 11.1. The number of aryl methyl sites for hydroxylation is 1. The van der Waals surface area contributed by atoms with E-state index in [0.29, 0.717) is 17.2 Å². The molecule has 25 heavy (non-hydrogen) atoms. The lowest BCUT2D eigenvalue weighted by atomic mass is 10.0. The number of fused-ring (bicyclic) bond motifs is 1. The van der Waals surface area contributed by atoms with Crippen LogP contribution in [0.2, 0.25) is 5.02 Å². The van der Waals surface area contributed by atoms with Gasteiger partial charge in [0.15, 0.2) is 0 Å². The molecule has 0 atom stereocenters. The molecular weight excluding hydrogens is 334 g/mol. The molecule has 0 radical (unpaired) electrons. The van der Waals surface area contributed by atoms with Crippen LogP contribution in [0.5, 0.6) is 0 Å². The average Bonchev–Trinajstić information content (AvgIpc) is 2.59. The third-order valence-electron chi connectivity index (χ3n) is 3.87. The van der Waals surface area contributed by atoms with Gasteiger partial charge in [-0.25, -0.2) is 9.78 Å². The van der Waals surface area contributed by atoms with E-state index in [2.05, 4.69) is 0 Å². The van der Waals surface area contributed by atoms with Crippen LogP contribution in [0.3, 0.4) is 0 Å². The summed E-state index contributed by atoms with van der Waals surface area (Å²) in [6, 6.07) is 15.1. The zero-order chi connectivity index (χ0) is 18.0. The van der Waals surface area contributed by atoms with Crippen molar-refractivity contribution in [2.24, 2.45) is 5.92 Å². The third-order valence-corrected chi connectivity index (χ3v) is 4.12. The summed E-state index contributed by atoms with van der Waals surface area (Å²) in [5.74, 6) is -0.0311. The first-order chi connectivity index (χ1) is 11.9. The summed E-state index contributed by atoms with van der Waals surface area (Å²) in [7, 11) is 0. The molecule has 0 N–H and O–H groups in total. The molecule has 0 aliphatic heterocycles. The van der Waals surface area contributed by atoms with Crippen LogP contribution in [0.1, 0.15) is 29.8 Å². The van der Waals surface area contributed by atoms with E-state index in [-0.39, 0.29) is 11.9 Å². The topological polar surface area (TPSA) is 39.2 Å². The second-order valence-corrected chi connectivity index (χ2v) is 7.01. The summed E-state index contributed by atoms with van der Waals surface area (Å²) in [6.45, 7) is 6.42. The molecule has 4 heteroatoms. The van der Waals surface area contributed by atoms with Crippen molar-refractivity contribution in [2.45, 2.75) is 20.8 Å². The number of halogens is 1. The lowest BCUT2D eigenvalue weighted by Crippen LogP contribution is -2.11. The van der Waals surface area contributed by atoms with Crippen LogP contribution in [-0.2, 0) is 4.74 Å². The third kappa shape index (κ3) is 3.99. The Bertz CT molecular complexity index is 917. The molecule has 0 aliphatic rings. The molecule has 0 aliphatic carbocycles. The second-order valence-electron chi connectivity index (χ2n) is 6.57. The van der Waals surface area contributed by atoms with Gasteiger partial charge in [-0.3, -0.25) is 0 Å². The average molecular weight is 354 g/mol. The Morgan fingerprint density at radius 2 is 1.84 bits per heavy atom. The number of esters is 1. The fourth-order valence-electron chi connectivity index (χ4n) is 2.60. The van der Waals surface area contributed by atoms with Crippen LogP contribution in [-0.4, -0.2) is 17.6 Å². The van der Waals surface area contributed by atoms with Gasteiger partial charge in [0.1, 0.15) is 0 Å². The molecule has 0 amide bonds. The van der Waals surface area contributed by atoms with Crippen molar-refractivity contribution in [1.29, 1.82) is 0 Å². The van der Waals surface area contributed by atoms with Crippen molar-refractivity contribution < 1.29 is 9.53 Å². The largest absolute Gasteiger partial charge is 0.462 e. The summed E-state index contributed by atoms with van der Waals surface area (Å²) >= 11 is 5.97. The lowest BCUT2D eigenvalue weighted by Gasteiger charge is -2.12. The van der Waals surface area contributed by atoms with Crippen molar-refractivity contribution in [3.8, 4) is 11.3 Å². The molecule has 1 heterocycles. The first kappa shape index (κ1) is 17.4. The molecule has 0 saturated heterocycles. The Morgan fingerprint density at radius 1 is 1.12 bits per heavy atom. The Labute approximate surface area is 152 Å². The highest BCUT2D eigenvalue weighted by molar-refractivity contribution is 6.30. The quantitative estimate of drug-likeness (QED) is 0.567. The summed E-state index contributed by atoms with van der Waals surface area (Å²) in [4.78, 5) is 17.3. The highest BCUT2D eigenvalue weighted by atomic mass is 35.5. The van der Waals surface area contributed by atoms with Gasteiger partial charge in [-0.1, -0.05) is 49.2 Å². The fourth-order valence-corrected chi connectivity index (χ4v) is 2.72. The first-order valence-electron chi connectivity index (χ1n) is 8.28. The van der Waals surface area contributed by atoms with Gasteiger partial charge in [0.25, 0.3) is 0 Å². The standard InChI is InChI=1S/C21H20ClNO2/c1-13(2)12-25-21(24)18-11-20(15-5-7-16(22)8-6-15)23-19-9-4-14(3)10-17(18)19/h4-11,13H,12H2,1-3H3. The Balaban J connectivity index is 2.13. The Kier molecular flexibility index (Phi) is 5.05. The number of rotatable bonds is 4. The van der Waals surface area contributed by atoms with Crippen molar-refractivity contribution in [3.63, 3.8) is 0 Å². The summed E-state index contributed by atoms with van der Waals surface area (Å²) < 4.78 is 5.46. The van der Waals surface area contributed by atoms with Gasteiger partial charge in [0.2, 0.25) is 0 Å². The van der Waals surface area contributed by atoms with E-state index < -0.39 is 0 Å². The molecule has 3 nitrogen and oxygen atoms in total.